The van der Waals surface area contributed by atoms with E-state index in [1.807, 2.05) is 38.1 Å². The molecule has 2 aromatic heterocycles. The molecule has 0 atom stereocenters. The Kier molecular flexibility index (Phi) is 5.43. The SMILES string of the molecule is Cc1ccc2nc(C)cc(OCC(=O)Nc3cnn(Cc4ccccc4F)c3)c2c1. The van der Waals surface area contributed by atoms with Crippen LogP contribution < -0.4 is 10.1 Å². The van der Waals surface area contributed by atoms with Gasteiger partial charge in [0.2, 0.25) is 0 Å². The number of rotatable bonds is 6. The highest BCUT2D eigenvalue weighted by Crippen LogP contribution is 2.26. The fraction of sp³-hybridized carbons (Fsp3) is 0.174. The molecule has 2 heterocycles. The summed E-state index contributed by atoms with van der Waals surface area (Å²) in [6.45, 7) is 4.01. The molecule has 30 heavy (non-hydrogen) atoms. The summed E-state index contributed by atoms with van der Waals surface area (Å²) in [5, 5.41) is 7.79. The highest BCUT2D eigenvalue weighted by atomic mass is 19.1. The number of benzene rings is 2. The van der Waals surface area contributed by atoms with Crippen LogP contribution in [0.4, 0.5) is 10.1 Å². The predicted molar refractivity (Wildman–Crippen MR) is 113 cm³/mol. The molecule has 0 spiro atoms. The van der Waals surface area contributed by atoms with Gasteiger partial charge in [0.25, 0.3) is 5.91 Å². The number of anilines is 1. The zero-order chi connectivity index (χ0) is 21.1. The Bertz CT molecular complexity index is 1220. The van der Waals surface area contributed by atoms with E-state index in [9.17, 15) is 9.18 Å². The van der Waals surface area contributed by atoms with Crippen LogP contribution >= 0.6 is 0 Å². The van der Waals surface area contributed by atoms with E-state index in [0.717, 1.165) is 22.2 Å². The van der Waals surface area contributed by atoms with Crippen LogP contribution in [-0.4, -0.2) is 27.3 Å². The van der Waals surface area contributed by atoms with E-state index in [2.05, 4.69) is 15.4 Å². The number of fused-ring (bicyclic) bond motifs is 1. The van der Waals surface area contributed by atoms with Crippen LogP contribution in [0.5, 0.6) is 5.75 Å². The molecular weight excluding hydrogens is 383 g/mol. The summed E-state index contributed by atoms with van der Waals surface area (Å²) in [7, 11) is 0. The Labute approximate surface area is 173 Å². The van der Waals surface area contributed by atoms with E-state index in [0.29, 0.717) is 17.0 Å². The number of aromatic nitrogens is 3. The monoisotopic (exact) mass is 404 g/mol. The molecule has 0 unspecified atom stereocenters. The Balaban J connectivity index is 1.40. The summed E-state index contributed by atoms with van der Waals surface area (Å²) in [4.78, 5) is 16.8. The summed E-state index contributed by atoms with van der Waals surface area (Å²) in [5.41, 5.74) is 3.77. The molecule has 0 saturated carbocycles. The van der Waals surface area contributed by atoms with Crippen molar-refractivity contribution in [3.05, 3.63) is 83.6 Å². The first kappa shape index (κ1) is 19.6. The van der Waals surface area contributed by atoms with Gasteiger partial charge in [-0.25, -0.2) is 4.39 Å². The van der Waals surface area contributed by atoms with Gasteiger partial charge in [0.15, 0.2) is 6.61 Å². The van der Waals surface area contributed by atoms with Crippen molar-refractivity contribution in [2.45, 2.75) is 20.4 Å². The number of amides is 1. The number of nitrogens with one attached hydrogen (secondary N) is 1. The van der Waals surface area contributed by atoms with Crippen molar-refractivity contribution in [2.75, 3.05) is 11.9 Å². The molecule has 0 aliphatic heterocycles. The second-order valence-corrected chi connectivity index (χ2v) is 7.14. The van der Waals surface area contributed by atoms with Crippen LogP contribution in [-0.2, 0) is 11.3 Å². The number of carbonyl (C=O) groups is 1. The van der Waals surface area contributed by atoms with Gasteiger partial charge in [0, 0.05) is 28.9 Å². The van der Waals surface area contributed by atoms with Crippen LogP contribution in [0.2, 0.25) is 0 Å². The first-order valence-corrected chi connectivity index (χ1v) is 9.54. The smallest absolute Gasteiger partial charge is 0.262 e. The summed E-state index contributed by atoms with van der Waals surface area (Å²) in [6.07, 6.45) is 3.17. The second-order valence-electron chi connectivity index (χ2n) is 7.14. The van der Waals surface area contributed by atoms with Crippen molar-refractivity contribution in [3.8, 4) is 5.75 Å². The maximum Gasteiger partial charge on any atom is 0.262 e. The van der Waals surface area contributed by atoms with Gasteiger partial charge in [-0.1, -0.05) is 29.8 Å². The van der Waals surface area contributed by atoms with Crippen molar-refractivity contribution < 1.29 is 13.9 Å². The van der Waals surface area contributed by atoms with Gasteiger partial charge in [0.05, 0.1) is 23.9 Å². The molecule has 2 aromatic carbocycles. The van der Waals surface area contributed by atoms with Crippen LogP contribution in [0.25, 0.3) is 10.9 Å². The van der Waals surface area contributed by atoms with E-state index in [1.54, 1.807) is 29.1 Å². The van der Waals surface area contributed by atoms with Crippen molar-refractivity contribution in [2.24, 2.45) is 0 Å². The number of ether oxygens (including phenoxy) is 1. The fourth-order valence-electron chi connectivity index (χ4n) is 3.21. The minimum Gasteiger partial charge on any atom is -0.483 e. The van der Waals surface area contributed by atoms with E-state index in [1.165, 1.54) is 12.3 Å². The Morgan fingerprint density at radius 1 is 1.17 bits per heavy atom. The molecule has 0 aliphatic carbocycles. The lowest BCUT2D eigenvalue weighted by molar-refractivity contribution is -0.118. The Morgan fingerprint density at radius 2 is 2.00 bits per heavy atom. The van der Waals surface area contributed by atoms with Crippen molar-refractivity contribution in [1.29, 1.82) is 0 Å². The molecule has 1 amide bonds. The van der Waals surface area contributed by atoms with Gasteiger partial charge < -0.3 is 10.1 Å². The number of hydrogen-bond acceptors (Lipinski definition) is 4. The number of hydrogen-bond donors (Lipinski definition) is 1. The molecule has 1 N–H and O–H groups in total. The zero-order valence-corrected chi connectivity index (χ0v) is 16.7. The summed E-state index contributed by atoms with van der Waals surface area (Å²) in [5.74, 6) is 0.0180. The van der Waals surface area contributed by atoms with Crippen molar-refractivity contribution in [1.82, 2.24) is 14.8 Å². The van der Waals surface area contributed by atoms with Gasteiger partial charge in [-0.3, -0.25) is 14.5 Å². The van der Waals surface area contributed by atoms with Gasteiger partial charge >= 0.3 is 0 Å². The maximum atomic E-state index is 13.8. The molecule has 0 bridgehead atoms. The van der Waals surface area contributed by atoms with E-state index in [4.69, 9.17) is 4.74 Å². The number of halogens is 1. The molecule has 7 heteroatoms. The lowest BCUT2D eigenvalue weighted by atomic mass is 10.1. The van der Waals surface area contributed by atoms with E-state index in [-0.39, 0.29) is 24.9 Å². The van der Waals surface area contributed by atoms with Crippen LogP contribution in [0, 0.1) is 19.7 Å². The fourth-order valence-corrected chi connectivity index (χ4v) is 3.21. The first-order chi connectivity index (χ1) is 14.5. The predicted octanol–water partition coefficient (Wildman–Crippen LogP) is 4.25. The molecular formula is C23H21FN4O2. The third kappa shape index (κ3) is 4.46. The summed E-state index contributed by atoms with van der Waals surface area (Å²) < 4.78 is 21.1. The molecule has 0 aliphatic rings. The van der Waals surface area contributed by atoms with E-state index >= 15 is 0 Å². The molecule has 4 aromatic rings. The minimum absolute atomic E-state index is 0.148. The average Bonchev–Trinajstić information content (AvgIpc) is 3.15. The lowest BCUT2D eigenvalue weighted by Crippen LogP contribution is -2.20. The zero-order valence-electron chi connectivity index (χ0n) is 16.7. The van der Waals surface area contributed by atoms with Gasteiger partial charge in [-0.05, 0) is 32.0 Å². The normalized spacial score (nSPS) is 10.9. The van der Waals surface area contributed by atoms with Gasteiger partial charge in [0.1, 0.15) is 11.6 Å². The van der Waals surface area contributed by atoms with Crippen LogP contribution in [0.15, 0.2) is 60.9 Å². The van der Waals surface area contributed by atoms with Crippen LogP contribution in [0.3, 0.4) is 0 Å². The number of pyridine rings is 1. The van der Waals surface area contributed by atoms with Crippen molar-refractivity contribution >= 4 is 22.5 Å². The largest absolute Gasteiger partial charge is 0.483 e. The molecule has 4 rings (SSSR count). The molecule has 0 fully saturated rings. The molecule has 0 saturated heterocycles. The van der Waals surface area contributed by atoms with Gasteiger partial charge in [-0.15, -0.1) is 0 Å². The van der Waals surface area contributed by atoms with Gasteiger partial charge in [-0.2, -0.15) is 5.10 Å². The molecule has 152 valence electrons. The number of nitrogens with zero attached hydrogens (tertiary/aromatic N) is 3. The topological polar surface area (TPSA) is 69.0 Å². The standard InChI is InChI=1S/C23H21FN4O2/c1-15-7-8-21-19(9-15)22(10-16(2)26-21)30-14-23(29)27-18-11-25-28(13-18)12-17-5-3-4-6-20(17)24/h3-11,13H,12,14H2,1-2H3,(H,27,29). The Hall–Kier alpha value is -3.74. The minimum atomic E-state index is -0.310. The van der Waals surface area contributed by atoms with Crippen molar-refractivity contribution in [3.63, 3.8) is 0 Å². The summed E-state index contributed by atoms with van der Waals surface area (Å²) in [6, 6.07) is 14.3. The summed E-state index contributed by atoms with van der Waals surface area (Å²) >= 11 is 0. The Morgan fingerprint density at radius 3 is 2.83 bits per heavy atom. The second kappa shape index (κ2) is 8.32. The third-order valence-corrected chi connectivity index (χ3v) is 4.62. The number of aryl methyl sites for hydroxylation is 2. The van der Waals surface area contributed by atoms with E-state index < -0.39 is 0 Å². The molecule has 0 radical (unpaired) electrons. The highest BCUT2D eigenvalue weighted by Gasteiger charge is 2.10. The lowest BCUT2D eigenvalue weighted by Gasteiger charge is -2.10. The highest BCUT2D eigenvalue weighted by molar-refractivity contribution is 5.92. The molecule has 6 nitrogen and oxygen atoms in total. The van der Waals surface area contributed by atoms with Crippen LogP contribution in [0.1, 0.15) is 16.8 Å². The quantitative estimate of drug-likeness (QED) is 0.522. The maximum absolute atomic E-state index is 13.8. The number of carbonyl (C=O) groups excluding carboxylic acids is 1. The first-order valence-electron chi connectivity index (χ1n) is 9.54. The third-order valence-electron chi connectivity index (χ3n) is 4.62. The average molecular weight is 404 g/mol.